The molecule has 3 nitrogen and oxygen atoms in total. The van der Waals surface area contributed by atoms with E-state index in [2.05, 4.69) is 25.3 Å². The third kappa shape index (κ3) is 2.81. The number of ether oxygens (including phenoxy) is 1. The topological polar surface area (TPSA) is 27.7 Å². The van der Waals surface area contributed by atoms with Crippen molar-refractivity contribution in [2.24, 2.45) is 0 Å². The maximum Gasteiger partial charge on any atom is 0.117 e. The molecular formula is C7H17O3P3. The predicted molar refractivity (Wildman–Crippen MR) is 62.1 cm³/mol. The third-order valence-electron chi connectivity index (χ3n) is 2.31. The summed E-state index contributed by atoms with van der Waals surface area (Å²) in [5.74, 6) is 0. The van der Waals surface area contributed by atoms with Crippen molar-refractivity contribution in [3.8, 4) is 0 Å². The lowest BCUT2D eigenvalue weighted by atomic mass is 10.1. The van der Waals surface area contributed by atoms with Crippen molar-refractivity contribution >= 4 is 26.9 Å². The molecule has 78 valence electrons. The van der Waals surface area contributed by atoms with Crippen LogP contribution in [-0.2, 0) is 13.8 Å². The van der Waals surface area contributed by atoms with E-state index in [-0.39, 0.29) is 24.4 Å². The molecule has 0 spiro atoms. The van der Waals surface area contributed by atoms with Crippen molar-refractivity contribution < 1.29 is 13.8 Å². The highest BCUT2D eigenvalue weighted by Gasteiger charge is 2.42. The molecule has 7 atom stereocenters. The third-order valence-corrected chi connectivity index (χ3v) is 3.44. The van der Waals surface area contributed by atoms with Gasteiger partial charge in [-0.15, -0.1) is 0 Å². The summed E-state index contributed by atoms with van der Waals surface area (Å²) in [7, 11) is 5.28. The van der Waals surface area contributed by atoms with Crippen LogP contribution in [0.2, 0.25) is 0 Å². The second-order valence-corrected chi connectivity index (χ2v) is 4.54. The maximum absolute atomic E-state index is 5.71. The molecule has 0 aliphatic carbocycles. The van der Waals surface area contributed by atoms with Gasteiger partial charge in [-0.05, 0) is 13.3 Å². The Kier molecular flexibility index (Phi) is 5.56. The van der Waals surface area contributed by atoms with Crippen LogP contribution >= 0.6 is 26.9 Å². The Morgan fingerprint density at radius 3 is 2.62 bits per heavy atom. The van der Waals surface area contributed by atoms with E-state index in [1.165, 1.54) is 0 Å². The molecule has 6 heteroatoms. The first kappa shape index (κ1) is 12.2. The molecule has 0 aromatic carbocycles. The van der Waals surface area contributed by atoms with Crippen molar-refractivity contribution in [3.63, 3.8) is 0 Å². The number of hydrogen-bond acceptors (Lipinski definition) is 3. The van der Waals surface area contributed by atoms with Gasteiger partial charge in [-0.25, -0.2) is 0 Å². The van der Waals surface area contributed by atoms with Gasteiger partial charge >= 0.3 is 0 Å². The van der Waals surface area contributed by atoms with Crippen LogP contribution in [0.4, 0.5) is 0 Å². The molecule has 1 aliphatic heterocycles. The van der Waals surface area contributed by atoms with Crippen LogP contribution in [0.15, 0.2) is 0 Å². The van der Waals surface area contributed by atoms with Gasteiger partial charge in [-0.1, -0.05) is 15.9 Å². The van der Waals surface area contributed by atoms with E-state index in [1.807, 2.05) is 6.92 Å². The molecule has 0 amide bonds. The summed E-state index contributed by atoms with van der Waals surface area (Å²) in [5.41, 5.74) is 0. The lowest BCUT2D eigenvalue weighted by Crippen LogP contribution is -2.32. The summed E-state index contributed by atoms with van der Waals surface area (Å²) in [5, 5.41) is 0. The fourth-order valence-corrected chi connectivity index (χ4v) is 2.94. The van der Waals surface area contributed by atoms with Crippen molar-refractivity contribution in [1.29, 1.82) is 0 Å². The van der Waals surface area contributed by atoms with Crippen LogP contribution in [0, 0.1) is 0 Å². The van der Waals surface area contributed by atoms with Gasteiger partial charge in [0.15, 0.2) is 0 Å². The van der Waals surface area contributed by atoms with E-state index in [0.29, 0.717) is 8.50 Å². The number of hydrogen-bond donors (Lipinski definition) is 0. The smallest absolute Gasteiger partial charge is 0.117 e. The summed E-state index contributed by atoms with van der Waals surface area (Å²) >= 11 is 0. The van der Waals surface area contributed by atoms with Gasteiger partial charge < -0.3 is 13.8 Å². The fraction of sp³-hybridized carbons (Fsp3) is 1.00. The van der Waals surface area contributed by atoms with Crippen molar-refractivity contribution in [3.05, 3.63) is 0 Å². The Labute approximate surface area is 85.9 Å². The van der Waals surface area contributed by atoms with Crippen LogP contribution in [0.5, 0.6) is 0 Å². The summed E-state index contributed by atoms with van der Waals surface area (Å²) in [6, 6.07) is 0. The highest BCUT2D eigenvalue weighted by molar-refractivity contribution is 8.00. The Bertz CT molecular complexity index is 158. The molecule has 1 heterocycles. The first-order chi connectivity index (χ1) is 6.24. The average Bonchev–Trinajstić information content (AvgIpc) is 2.43. The minimum Gasteiger partial charge on any atom is -0.370 e. The SMILES string of the molecule is CCC1OC(C)C(OP)[C@H]1OPP. The van der Waals surface area contributed by atoms with Gasteiger partial charge in [-0.2, -0.15) is 0 Å². The van der Waals surface area contributed by atoms with Crippen molar-refractivity contribution in [1.82, 2.24) is 0 Å². The maximum atomic E-state index is 5.71. The van der Waals surface area contributed by atoms with E-state index in [1.54, 1.807) is 0 Å². The number of rotatable bonds is 4. The van der Waals surface area contributed by atoms with E-state index in [0.717, 1.165) is 6.42 Å². The lowest BCUT2D eigenvalue weighted by Gasteiger charge is -2.20. The minimum atomic E-state index is 0.0444. The monoisotopic (exact) mass is 242 g/mol. The molecule has 0 saturated carbocycles. The van der Waals surface area contributed by atoms with Crippen LogP contribution in [0.25, 0.3) is 0 Å². The zero-order valence-electron chi connectivity index (χ0n) is 7.90. The molecule has 6 unspecified atom stereocenters. The predicted octanol–water partition coefficient (Wildman–Crippen LogP) is 2.13. The Morgan fingerprint density at radius 2 is 2.15 bits per heavy atom. The second-order valence-electron chi connectivity index (χ2n) is 3.09. The molecular weight excluding hydrogens is 225 g/mol. The van der Waals surface area contributed by atoms with Gasteiger partial charge in [-0.3, -0.25) is 0 Å². The summed E-state index contributed by atoms with van der Waals surface area (Å²) in [4.78, 5) is 0. The molecule has 0 N–H and O–H groups in total. The lowest BCUT2D eigenvalue weighted by molar-refractivity contribution is 0.0231. The van der Waals surface area contributed by atoms with Gasteiger partial charge in [0.25, 0.3) is 0 Å². The normalized spacial score (nSPS) is 40.6. The second kappa shape index (κ2) is 5.91. The van der Waals surface area contributed by atoms with Crippen molar-refractivity contribution in [2.45, 2.75) is 44.7 Å². The highest BCUT2D eigenvalue weighted by Crippen LogP contribution is 2.35. The molecule has 0 aromatic heterocycles. The zero-order valence-corrected chi connectivity index (χ0v) is 11.2. The van der Waals surface area contributed by atoms with Crippen LogP contribution in [-0.4, -0.2) is 24.4 Å². The van der Waals surface area contributed by atoms with Crippen LogP contribution < -0.4 is 0 Å². The van der Waals surface area contributed by atoms with E-state index in [4.69, 9.17) is 13.8 Å². The minimum absolute atomic E-state index is 0.0444. The first-order valence-corrected chi connectivity index (χ1v) is 7.55. The summed E-state index contributed by atoms with van der Waals surface area (Å²) in [6.45, 7) is 4.12. The molecule has 1 rings (SSSR count). The Balaban J connectivity index is 2.60. The summed E-state index contributed by atoms with van der Waals surface area (Å²) < 4.78 is 16.6. The molecule has 0 bridgehead atoms. The first-order valence-electron chi connectivity index (χ1n) is 4.36. The van der Waals surface area contributed by atoms with Gasteiger partial charge in [0.05, 0.1) is 12.2 Å². The molecule has 0 aromatic rings. The van der Waals surface area contributed by atoms with E-state index in [9.17, 15) is 0 Å². The van der Waals surface area contributed by atoms with E-state index >= 15 is 0 Å². The Morgan fingerprint density at radius 1 is 1.46 bits per heavy atom. The standard InChI is InChI=1S/C7H17O3P3/c1-3-5-7(10-13-12)6(9-11)4(2)8-5/h4-7,13H,3,11-12H2,1-2H3/t4?,5?,6?,7-/m0/s1. The molecule has 1 aliphatic rings. The van der Waals surface area contributed by atoms with Crippen molar-refractivity contribution in [2.75, 3.05) is 0 Å². The molecule has 1 fully saturated rings. The largest absolute Gasteiger partial charge is 0.370 e. The zero-order chi connectivity index (χ0) is 9.84. The van der Waals surface area contributed by atoms with Crippen LogP contribution in [0.1, 0.15) is 20.3 Å². The molecule has 1 saturated heterocycles. The van der Waals surface area contributed by atoms with Gasteiger partial charge in [0.2, 0.25) is 0 Å². The van der Waals surface area contributed by atoms with E-state index < -0.39 is 0 Å². The quantitative estimate of drug-likeness (QED) is 0.707. The average molecular weight is 242 g/mol. The van der Waals surface area contributed by atoms with Gasteiger partial charge in [0.1, 0.15) is 12.2 Å². The molecule has 0 radical (unpaired) electrons. The van der Waals surface area contributed by atoms with Crippen LogP contribution in [0.3, 0.4) is 0 Å². The Hall–Kier alpha value is 1.17. The summed E-state index contributed by atoms with van der Waals surface area (Å²) in [6.07, 6.45) is 1.38. The molecule has 13 heavy (non-hydrogen) atoms. The fourth-order valence-electron chi connectivity index (χ4n) is 1.65. The highest BCUT2D eigenvalue weighted by atomic mass is 32.0. The van der Waals surface area contributed by atoms with Gasteiger partial charge in [0, 0.05) is 18.0 Å².